The minimum absolute atomic E-state index is 0.320. The van der Waals surface area contributed by atoms with Gasteiger partial charge < -0.3 is 5.32 Å². The van der Waals surface area contributed by atoms with Crippen molar-refractivity contribution in [2.45, 2.75) is 44.0 Å². The first-order valence-electron chi connectivity index (χ1n) is 9.36. The maximum Gasteiger partial charge on any atom is 0.243 e. The van der Waals surface area contributed by atoms with Gasteiger partial charge in [-0.05, 0) is 68.9 Å². The highest BCUT2D eigenvalue weighted by molar-refractivity contribution is 7.89. The molecule has 4 nitrogen and oxygen atoms in total. The van der Waals surface area contributed by atoms with Gasteiger partial charge in [0.25, 0.3) is 0 Å². The van der Waals surface area contributed by atoms with Gasteiger partial charge in [-0.3, -0.25) is 0 Å². The predicted molar refractivity (Wildman–Crippen MR) is 107 cm³/mol. The van der Waals surface area contributed by atoms with Gasteiger partial charge in [0.1, 0.15) is 0 Å². The van der Waals surface area contributed by atoms with E-state index in [0.29, 0.717) is 29.9 Å². The molecule has 5 heteroatoms. The largest absolute Gasteiger partial charge is 0.383 e. The third-order valence-corrected chi connectivity index (χ3v) is 6.80. The topological polar surface area (TPSA) is 49.4 Å². The molecule has 2 aromatic carbocycles. The molecule has 0 aliphatic carbocycles. The second-order valence-electron chi connectivity index (χ2n) is 7.36. The van der Waals surface area contributed by atoms with E-state index < -0.39 is 10.0 Å². The first-order chi connectivity index (χ1) is 12.4. The van der Waals surface area contributed by atoms with Gasteiger partial charge >= 0.3 is 0 Å². The van der Waals surface area contributed by atoms with E-state index in [0.717, 1.165) is 24.9 Å². The van der Waals surface area contributed by atoms with E-state index in [1.54, 1.807) is 16.4 Å². The summed E-state index contributed by atoms with van der Waals surface area (Å²) in [7, 11) is -3.40. The predicted octanol–water partition coefficient (Wildman–Crippen LogP) is 4.15. The van der Waals surface area contributed by atoms with Crippen LogP contribution in [0, 0.1) is 5.92 Å². The van der Waals surface area contributed by atoms with Crippen molar-refractivity contribution in [3.8, 4) is 0 Å². The van der Waals surface area contributed by atoms with Crippen molar-refractivity contribution in [3.05, 3.63) is 60.2 Å². The van der Waals surface area contributed by atoms with Gasteiger partial charge in [-0.25, -0.2) is 8.42 Å². The van der Waals surface area contributed by atoms with Crippen molar-refractivity contribution >= 4 is 15.7 Å². The molecule has 0 unspecified atom stereocenters. The fourth-order valence-electron chi connectivity index (χ4n) is 3.51. The zero-order valence-electron chi connectivity index (χ0n) is 15.6. The first-order valence-corrected chi connectivity index (χ1v) is 10.8. The molecule has 1 fully saturated rings. The van der Waals surface area contributed by atoms with Crippen LogP contribution in [0.1, 0.15) is 32.3 Å². The molecule has 1 saturated heterocycles. The van der Waals surface area contributed by atoms with E-state index in [9.17, 15) is 8.42 Å². The van der Waals surface area contributed by atoms with Crippen molar-refractivity contribution < 1.29 is 8.42 Å². The van der Waals surface area contributed by atoms with E-state index in [1.807, 2.05) is 18.2 Å². The number of sulfonamides is 1. The van der Waals surface area contributed by atoms with Gasteiger partial charge in [-0.15, -0.1) is 0 Å². The summed E-state index contributed by atoms with van der Waals surface area (Å²) in [5, 5.41) is 3.28. The summed E-state index contributed by atoms with van der Waals surface area (Å²) >= 11 is 0. The Balaban J connectivity index is 1.60. The smallest absolute Gasteiger partial charge is 0.243 e. The van der Waals surface area contributed by atoms with Gasteiger partial charge in [0.15, 0.2) is 0 Å². The second-order valence-corrected chi connectivity index (χ2v) is 9.30. The van der Waals surface area contributed by atoms with Gasteiger partial charge in [-0.1, -0.05) is 30.3 Å². The summed E-state index contributed by atoms with van der Waals surface area (Å²) in [6, 6.07) is 17.9. The SMILES string of the molecule is CC(C)Nc1ccc(S(=O)(=O)N2CCC(Cc3ccccc3)CC2)cc1. The van der Waals surface area contributed by atoms with E-state index in [1.165, 1.54) is 5.56 Å². The Morgan fingerprint density at radius 1 is 1.00 bits per heavy atom. The molecule has 1 N–H and O–H groups in total. The van der Waals surface area contributed by atoms with Crippen molar-refractivity contribution in [1.82, 2.24) is 4.31 Å². The molecule has 1 heterocycles. The van der Waals surface area contributed by atoms with Crippen LogP contribution < -0.4 is 5.32 Å². The Kier molecular flexibility index (Phi) is 5.99. The van der Waals surface area contributed by atoms with Crippen LogP contribution in [0.5, 0.6) is 0 Å². The van der Waals surface area contributed by atoms with E-state index >= 15 is 0 Å². The van der Waals surface area contributed by atoms with Crippen LogP contribution in [0.2, 0.25) is 0 Å². The number of anilines is 1. The molecular formula is C21H28N2O2S. The van der Waals surface area contributed by atoms with Crippen molar-refractivity contribution in [1.29, 1.82) is 0 Å². The quantitative estimate of drug-likeness (QED) is 0.829. The van der Waals surface area contributed by atoms with Gasteiger partial charge in [0.05, 0.1) is 4.90 Å². The molecule has 2 aromatic rings. The second kappa shape index (κ2) is 8.23. The van der Waals surface area contributed by atoms with Crippen molar-refractivity contribution in [3.63, 3.8) is 0 Å². The van der Waals surface area contributed by atoms with Gasteiger partial charge in [0.2, 0.25) is 10.0 Å². The summed E-state index contributed by atoms with van der Waals surface area (Å²) in [5.41, 5.74) is 2.28. The molecule has 26 heavy (non-hydrogen) atoms. The summed E-state index contributed by atoms with van der Waals surface area (Å²) in [5.74, 6) is 0.557. The number of nitrogens with one attached hydrogen (secondary N) is 1. The summed E-state index contributed by atoms with van der Waals surface area (Å²) in [6.45, 7) is 5.33. The number of hydrogen-bond donors (Lipinski definition) is 1. The number of hydrogen-bond acceptors (Lipinski definition) is 3. The lowest BCUT2D eigenvalue weighted by Crippen LogP contribution is -2.38. The molecule has 0 spiro atoms. The van der Waals surface area contributed by atoms with Gasteiger partial charge in [-0.2, -0.15) is 4.31 Å². The Morgan fingerprint density at radius 3 is 2.19 bits per heavy atom. The fourth-order valence-corrected chi connectivity index (χ4v) is 4.98. The van der Waals surface area contributed by atoms with Crippen LogP contribution in [0.3, 0.4) is 0 Å². The van der Waals surface area contributed by atoms with Crippen molar-refractivity contribution in [2.75, 3.05) is 18.4 Å². The summed E-state index contributed by atoms with van der Waals surface area (Å²) in [6.07, 6.45) is 2.87. The highest BCUT2D eigenvalue weighted by Gasteiger charge is 2.29. The van der Waals surface area contributed by atoms with Crippen molar-refractivity contribution in [2.24, 2.45) is 5.92 Å². The average molecular weight is 373 g/mol. The Labute approximate surface area is 157 Å². The normalized spacial score (nSPS) is 16.7. The number of benzene rings is 2. The minimum atomic E-state index is -3.40. The first kappa shape index (κ1) is 18.9. The third-order valence-electron chi connectivity index (χ3n) is 4.89. The molecule has 0 saturated carbocycles. The molecule has 0 amide bonds. The molecule has 0 atom stereocenters. The third kappa shape index (κ3) is 4.65. The monoisotopic (exact) mass is 372 g/mol. The highest BCUT2D eigenvalue weighted by Crippen LogP contribution is 2.26. The summed E-state index contributed by atoms with van der Waals surface area (Å²) in [4.78, 5) is 0.383. The maximum atomic E-state index is 12.9. The zero-order chi connectivity index (χ0) is 18.6. The van der Waals surface area contributed by atoms with E-state index in [4.69, 9.17) is 0 Å². The average Bonchev–Trinajstić information content (AvgIpc) is 2.63. The summed E-state index contributed by atoms with van der Waals surface area (Å²) < 4.78 is 27.4. The van der Waals surface area contributed by atoms with Crippen LogP contribution in [0.15, 0.2) is 59.5 Å². The lowest BCUT2D eigenvalue weighted by Gasteiger charge is -2.31. The molecule has 140 valence electrons. The lowest BCUT2D eigenvalue weighted by atomic mass is 9.91. The molecular weight excluding hydrogens is 344 g/mol. The molecule has 1 aliphatic heterocycles. The number of rotatable bonds is 6. The number of nitrogens with zero attached hydrogens (tertiary/aromatic N) is 1. The molecule has 3 rings (SSSR count). The standard InChI is InChI=1S/C21H28N2O2S/c1-17(2)22-20-8-10-21(11-9-20)26(24,25)23-14-12-19(13-15-23)16-18-6-4-3-5-7-18/h3-11,17,19,22H,12-16H2,1-2H3. The van der Waals surface area contributed by atoms with Crippen LogP contribution in [0.25, 0.3) is 0 Å². The molecule has 0 bridgehead atoms. The lowest BCUT2D eigenvalue weighted by molar-refractivity contribution is 0.273. The van der Waals surface area contributed by atoms with Crippen LogP contribution in [-0.4, -0.2) is 31.9 Å². The number of piperidine rings is 1. The maximum absolute atomic E-state index is 12.9. The Morgan fingerprint density at radius 2 is 1.62 bits per heavy atom. The fraction of sp³-hybridized carbons (Fsp3) is 0.429. The van der Waals surface area contributed by atoms with E-state index in [-0.39, 0.29) is 0 Å². The molecule has 0 aromatic heterocycles. The van der Waals surface area contributed by atoms with Crippen LogP contribution >= 0.6 is 0 Å². The highest BCUT2D eigenvalue weighted by atomic mass is 32.2. The Hall–Kier alpha value is -1.85. The zero-order valence-corrected chi connectivity index (χ0v) is 16.4. The minimum Gasteiger partial charge on any atom is -0.383 e. The van der Waals surface area contributed by atoms with Crippen LogP contribution in [-0.2, 0) is 16.4 Å². The van der Waals surface area contributed by atoms with Crippen LogP contribution in [0.4, 0.5) is 5.69 Å². The van der Waals surface area contributed by atoms with Gasteiger partial charge in [0, 0.05) is 24.8 Å². The Bertz CT molecular complexity index is 794. The molecule has 1 aliphatic rings. The molecule has 0 radical (unpaired) electrons. The van der Waals surface area contributed by atoms with E-state index in [2.05, 4.69) is 43.4 Å².